The molecular formula is C54H62N2. The van der Waals surface area contributed by atoms with Crippen molar-refractivity contribution in [2.45, 2.75) is 100 Å². The van der Waals surface area contributed by atoms with Gasteiger partial charge in [0.05, 0.1) is 11.4 Å². The fourth-order valence-corrected chi connectivity index (χ4v) is 8.14. The Hall–Kier alpha value is -5.08. The molecule has 0 saturated carbocycles. The van der Waals surface area contributed by atoms with Gasteiger partial charge in [-0.25, -0.2) is 0 Å². The van der Waals surface area contributed by atoms with Crippen molar-refractivity contribution in [3.63, 3.8) is 0 Å². The lowest BCUT2D eigenvalue weighted by Crippen LogP contribution is -2.29. The molecule has 1 unspecified atom stereocenters. The third-order valence-electron chi connectivity index (χ3n) is 11.7. The highest BCUT2D eigenvalue weighted by Gasteiger charge is 2.34. The van der Waals surface area contributed by atoms with Crippen LogP contribution in [0.1, 0.15) is 101 Å². The minimum atomic E-state index is -0.0263. The van der Waals surface area contributed by atoms with Crippen LogP contribution in [-0.4, -0.2) is 0 Å². The second-order valence-electron chi connectivity index (χ2n) is 20.1. The summed E-state index contributed by atoms with van der Waals surface area (Å²) in [5.41, 5.74) is 11.4. The maximum absolute atomic E-state index is 2.59. The summed E-state index contributed by atoms with van der Waals surface area (Å²) in [7, 11) is 0. The zero-order valence-electron chi connectivity index (χ0n) is 36.0. The molecule has 0 amide bonds. The van der Waals surface area contributed by atoms with E-state index in [1.165, 1.54) is 66.7 Å². The Morgan fingerprint density at radius 1 is 0.429 bits per heavy atom. The number of fused-ring (bicyclic) bond motifs is 2. The number of rotatable bonds is 6. The van der Waals surface area contributed by atoms with Crippen LogP contribution in [0.2, 0.25) is 0 Å². The van der Waals surface area contributed by atoms with Crippen LogP contribution in [0.5, 0.6) is 0 Å². The van der Waals surface area contributed by atoms with Crippen molar-refractivity contribution in [3.05, 3.63) is 162 Å². The molecule has 0 fully saturated rings. The molecular weight excluding hydrogens is 677 g/mol. The Bertz CT molecular complexity index is 2330. The van der Waals surface area contributed by atoms with E-state index in [0.717, 1.165) is 12.1 Å². The van der Waals surface area contributed by atoms with Gasteiger partial charge < -0.3 is 9.80 Å². The summed E-state index contributed by atoms with van der Waals surface area (Å²) in [6, 6.07) is 47.5. The molecule has 1 aliphatic rings. The average molecular weight is 739 g/mol. The number of anilines is 5. The van der Waals surface area contributed by atoms with E-state index in [1.54, 1.807) is 0 Å². The van der Waals surface area contributed by atoms with Gasteiger partial charge in [0.15, 0.2) is 0 Å². The minimum Gasteiger partial charge on any atom is -0.313 e. The zero-order chi connectivity index (χ0) is 40.2. The summed E-state index contributed by atoms with van der Waals surface area (Å²) < 4.78 is 0. The number of allylic oxidation sites excluding steroid dienone is 4. The van der Waals surface area contributed by atoms with Gasteiger partial charge in [-0.05, 0) is 93.2 Å². The number of para-hydroxylation sites is 2. The SMILES string of the molecule is CC(C)(C)C1=CC(C(C)(C)C)CC(N(c2ccccc2)c2c3ccccc3c(N(c3ccccc3)c3cc(C(C)(C)C)cc(C(C)(C)C)c3)c3ccccc23)=C1. The second kappa shape index (κ2) is 14.5. The second-order valence-corrected chi connectivity index (χ2v) is 20.1. The lowest BCUT2D eigenvalue weighted by atomic mass is 9.71. The summed E-state index contributed by atoms with van der Waals surface area (Å²) in [5.74, 6) is 0.389. The maximum Gasteiger partial charge on any atom is 0.0619 e. The van der Waals surface area contributed by atoms with E-state index in [1.807, 2.05) is 0 Å². The van der Waals surface area contributed by atoms with Gasteiger partial charge >= 0.3 is 0 Å². The molecule has 0 radical (unpaired) electrons. The molecule has 0 aliphatic heterocycles. The Morgan fingerprint density at radius 2 is 0.821 bits per heavy atom. The van der Waals surface area contributed by atoms with Crippen LogP contribution < -0.4 is 9.80 Å². The molecule has 0 bridgehead atoms. The topological polar surface area (TPSA) is 6.48 Å². The van der Waals surface area contributed by atoms with Crippen molar-refractivity contribution in [1.82, 2.24) is 0 Å². The van der Waals surface area contributed by atoms with Crippen LogP contribution in [0.3, 0.4) is 0 Å². The van der Waals surface area contributed by atoms with E-state index in [4.69, 9.17) is 0 Å². The molecule has 56 heavy (non-hydrogen) atoms. The van der Waals surface area contributed by atoms with Crippen molar-refractivity contribution >= 4 is 50.0 Å². The standard InChI is InChI=1S/C54H62N2/c1-51(2,3)37-31-38(52(4,5)6)34-43(33-37)55(41-23-15-13-16-24-41)49-45-27-19-21-29-47(45)50(48-30-22-20-28-46(48)49)56(42-25-17-14-18-26-42)44-35-39(53(7,8)9)32-40(36-44)54(10,11)12/h13-35,40H,36H2,1-12H3. The van der Waals surface area contributed by atoms with Crippen LogP contribution in [0.15, 0.2) is 151 Å². The third kappa shape index (κ3) is 7.68. The lowest BCUT2D eigenvalue weighted by molar-refractivity contribution is 0.283. The molecule has 1 aliphatic carbocycles. The van der Waals surface area contributed by atoms with Gasteiger partial charge in [0.25, 0.3) is 0 Å². The summed E-state index contributed by atoms with van der Waals surface area (Å²) in [5, 5.41) is 4.91. The smallest absolute Gasteiger partial charge is 0.0619 e. The monoisotopic (exact) mass is 738 g/mol. The van der Waals surface area contributed by atoms with Crippen LogP contribution >= 0.6 is 0 Å². The predicted molar refractivity (Wildman–Crippen MR) is 245 cm³/mol. The van der Waals surface area contributed by atoms with Gasteiger partial charge in [-0.15, -0.1) is 0 Å². The third-order valence-corrected chi connectivity index (χ3v) is 11.7. The van der Waals surface area contributed by atoms with Crippen molar-refractivity contribution in [3.8, 4) is 0 Å². The van der Waals surface area contributed by atoms with Crippen LogP contribution in [0, 0.1) is 16.7 Å². The maximum atomic E-state index is 2.59. The highest BCUT2D eigenvalue weighted by Crippen LogP contribution is 2.52. The molecule has 0 aromatic heterocycles. The minimum absolute atomic E-state index is 0.00913. The summed E-state index contributed by atoms with van der Waals surface area (Å²) >= 11 is 0. The summed E-state index contributed by atoms with van der Waals surface area (Å²) in [4.78, 5) is 5.12. The molecule has 0 N–H and O–H groups in total. The fraction of sp³-hybridized carbons (Fsp3) is 0.333. The fourth-order valence-electron chi connectivity index (χ4n) is 8.14. The molecule has 288 valence electrons. The molecule has 6 aromatic rings. The first kappa shape index (κ1) is 39.2. The largest absolute Gasteiger partial charge is 0.313 e. The molecule has 7 rings (SSSR count). The number of hydrogen-bond donors (Lipinski definition) is 0. The highest BCUT2D eigenvalue weighted by atomic mass is 15.2. The Kier molecular flexibility index (Phi) is 10.1. The van der Waals surface area contributed by atoms with Crippen LogP contribution in [0.4, 0.5) is 28.4 Å². The van der Waals surface area contributed by atoms with E-state index in [2.05, 4.69) is 232 Å². The van der Waals surface area contributed by atoms with Crippen LogP contribution in [-0.2, 0) is 10.8 Å². The average Bonchev–Trinajstić information content (AvgIpc) is 3.15. The molecule has 1 atom stereocenters. The molecule has 6 aromatic carbocycles. The van der Waals surface area contributed by atoms with Gasteiger partial charge in [-0.1, -0.05) is 180 Å². The lowest BCUT2D eigenvalue weighted by Gasteiger charge is -2.40. The Morgan fingerprint density at radius 3 is 1.21 bits per heavy atom. The number of hydrogen-bond acceptors (Lipinski definition) is 2. The predicted octanol–water partition coefficient (Wildman–Crippen LogP) is 16.1. The van der Waals surface area contributed by atoms with Gasteiger partial charge in [0, 0.05) is 44.3 Å². The normalized spacial score (nSPS) is 15.5. The zero-order valence-corrected chi connectivity index (χ0v) is 36.0. The van der Waals surface area contributed by atoms with Crippen LogP contribution in [0.25, 0.3) is 21.5 Å². The first-order valence-electron chi connectivity index (χ1n) is 20.5. The molecule has 2 nitrogen and oxygen atoms in total. The summed E-state index contributed by atoms with van der Waals surface area (Å²) in [6.07, 6.45) is 6.00. The first-order chi connectivity index (χ1) is 26.3. The van der Waals surface area contributed by atoms with Crippen molar-refractivity contribution in [1.29, 1.82) is 0 Å². The quantitative estimate of drug-likeness (QED) is 0.124. The number of benzene rings is 6. The van der Waals surface area contributed by atoms with Crippen molar-refractivity contribution in [2.75, 3.05) is 9.80 Å². The van der Waals surface area contributed by atoms with E-state index in [0.29, 0.717) is 5.92 Å². The Balaban J connectivity index is 1.60. The van der Waals surface area contributed by atoms with Gasteiger partial charge in [0.1, 0.15) is 0 Å². The van der Waals surface area contributed by atoms with Gasteiger partial charge in [-0.2, -0.15) is 0 Å². The molecule has 2 heteroatoms. The summed E-state index contributed by atoms with van der Waals surface area (Å²) in [6.45, 7) is 28.2. The van der Waals surface area contributed by atoms with E-state index in [9.17, 15) is 0 Å². The first-order valence-corrected chi connectivity index (χ1v) is 20.5. The number of nitrogens with zero attached hydrogens (tertiary/aromatic N) is 2. The molecule has 0 saturated heterocycles. The Labute approximate surface area is 337 Å². The molecule has 0 spiro atoms. The van der Waals surface area contributed by atoms with Gasteiger partial charge in [0.2, 0.25) is 0 Å². The highest BCUT2D eigenvalue weighted by molar-refractivity contribution is 6.22. The van der Waals surface area contributed by atoms with E-state index in [-0.39, 0.29) is 21.7 Å². The van der Waals surface area contributed by atoms with E-state index < -0.39 is 0 Å². The molecule has 0 heterocycles. The van der Waals surface area contributed by atoms with E-state index >= 15 is 0 Å². The van der Waals surface area contributed by atoms with Gasteiger partial charge in [-0.3, -0.25) is 0 Å². The van der Waals surface area contributed by atoms with Crippen molar-refractivity contribution < 1.29 is 0 Å². The van der Waals surface area contributed by atoms with Crippen molar-refractivity contribution in [2.24, 2.45) is 16.7 Å².